The summed E-state index contributed by atoms with van der Waals surface area (Å²) in [5, 5.41) is 12.0. The molecule has 0 bridgehead atoms. The van der Waals surface area contributed by atoms with E-state index in [0.29, 0.717) is 28.0 Å². The maximum absolute atomic E-state index is 12.3. The van der Waals surface area contributed by atoms with E-state index in [0.717, 1.165) is 16.5 Å². The number of rotatable bonds is 3. The number of aromatic hydroxyl groups is 1. The van der Waals surface area contributed by atoms with Gasteiger partial charge in [-0.3, -0.25) is 0 Å². The second-order valence-corrected chi connectivity index (χ2v) is 5.77. The van der Waals surface area contributed by atoms with E-state index in [9.17, 15) is 9.90 Å². The molecule has 3 aromatic carbocycles. The van der Waals surface area contributed by atoms with Gasteiger partial charge in [-0.25, -0.2) is 4.79 Å². The lowest BCUT2D eigenvalue weighted by Gasteiger charge is -2.15. The van der Waals surface area contributed by atoms with Gasteiger partial charge in [0.2, 0.25) is 0 Å². The molecule has 1 N–H and O–H groups in total. The van der Waals surface area contributed by atoms with Crippen LogP contribution in [-0.4, -0.2) is 25.3 Å². The van der Waals surface area contributed by atoms with Crippen LogP contribution in [-0.2, 0) is 11.3 Å². The van der Waals surface area contributed by atoms with Gasteiger partial charge in [-0.15, -0.1) is 0 Å². The molecule has 0 amide bonds. The summed E-state index contributed by atoms with van der Waals surface area (Å²) in [5.74, 6) is 0.840. The van der Waals surface area contributed by atoms with Crippen LogP contribution in [0.25, 0.3) is 21.9 Å². The number of carbonyl (C=O) groups is 1. The lowest BCUT2D eigenvalue weighted by molar-refractivity contribution is 0.0535. The van der Waals surface area contributed by atoms with Crippen LogP contribution in [0.15, 0.2) is 42.5 Å². The first-order valence-electron chi connectivity index (χ1n) is 7.81. The van der Waals surface area contributed by atoms with Gasteiger partial charge in [0.15, 0.2) is 11.5 Å². The van der Waals surface area contributed by atoms with Gasteiger partial charge in [0, 0.05) is 16.5 Å². The van der Waals surface area contributed by atoms with E-state index in [-0.39, 0.29) is 12.4 Å². The largest absolute Gasteiger partial charge is 0.507 e. The zero-order valence-corrected chi connectivity index (χ0v) is 13.8. The zero-order chi connectivity index (χ0) is 17.6. The highest BCUT2D eigenvalue weighted by Crippen LogP contribution is 2.45. The third kappa shape index (κ3) is 2.20. The first-order chi connectivity index (χ1) is 12.2. The van der Waals surface area contributed by atoms with E-state index in [1.54, 1.807) is 20.3 Å². The molecule has 5 nitrogen and oxygen atoms in total. The molecule has 25 heavy (non-hydrogen) atoms. The predicted molar refractivity (Wildman–Crippen MR) is 93.3 cm³/mol. The number of ether oxygens (including phenoxy) is 3. The molecule has 0 unspecified atom stereocenters. The molecule has 126 valence electrons. The summed E-state index contributed by atoms with van der Waals surface area (Å²) in [4.78, 5) is 12.3. The fraction of sp³-hybridized carbons (Fsp3) is 0.150. The van der Waals surface area contributed by atoms with Crippen LogP contribution in [0, 0.1) is 0 Å². The molecule has 0 saturated carbocycles. The molecule has 1 heterocycles. The highest BCUT2D eigenvalue weighted by molar-refractivity contribution is 6.13. The number of phenols is 1. The second-order valence-electron chi connectivity index (χ2n) is 5.77. The Morgan fingerprint density at radius 2 is 1.68 bits per heavy atom. The Kier molecular flexibility index (Phi) is 3.50. The fourth-order valence-corrected chi connectivity index (χ4v) is 3.34. The highest BCUT2D eigenvalue weighted by Gasteiger charge is 2.31. The third-order valence-corrected chi connectivity index (χ3v) is 4.51. The molecule has 0 saturated heterocycles. The number of carbonyl (C=O) groups excluding carboxylic acids is 1. The van der Waals surface area contributed by atoms with E-state index < -0.39 is 5.97 Å². The predicted octanol–water partition coefficient (Wildman–Crippen LogP) is 3.90. The van der Waals surface area contributed by atoms with Crippen molar-refractivity contribution in [3.05, 3.63) is 53.6 Å². The van der Waals surface area contributed by atoms with Crippen molar-refractivity contribution < 1.29 is 24.1 Å². The topological polar surface area (TPSA) is 65.0 Å². The number of methoxy groups -OCH3 is 2. The van der Waals surface area contributed by atoms with Crippen molar-refractivity contribution in [3.63, 3.8) is 0 Å². The van der Waals surface area contributed by atoms with Gasteiger partial charge >= 0.3 is 5.97 Å². The summed E-state index contributed by atoms with van der Waals surface area (Å²) in [6.07, 6.45) is 0. The molecule has 0 aromatic heterocycles. The minimum Gasteiger partial charge on any atom is -0.507 e. The van der Waals surface area contributed by atoms with Crippen LogP contribution in [0.4, 0.5) is 0 Å². The quantitative estimate of drug-likeness (QED) is 0.735. The fourth-order valence-electron chi connectivity index (χ4n) is 3.34. The summed E-state index contributed by atoms with van der Waals surface area (Å²) in [7, 11) is 3.14. The molecule has 3 aromatic rings. The molecule has 1 aliphatic heterocycles. The Morgan fingerprint density at radius 1 is 0.960 bits per heavy atom. The smallest absolute Gasteiger partial charge is 0.339 e. The number of phenolic OH excluding ortho intramolecular Hbond substituents is 1. The molecule has 0 aliphatic carbocycles. The first-order valence-corrected chi connectivity index (χ1v) is 7.81. The van der Waals surface area contributed by atoms with Gasteiger partial charge in [-0.05, 0) is 23.1 Å². The SMILES string of the molecule is COc1ccc(-c2c3c(c(O)c4ccccc24)COC3=O)cc1OC. The van der Waals surface area contributed by atoms with Crippen LogP contribution in [0.2, 0.25) is 0 Å². The van der Waals surface area contributed by atoms with Crippen molar-refractivity contribution >= 4 is 16.7 Å². The number of esters is 1. The van der Waals surface area contributed by atoms with E-state index in [1.165, 1.54) is 0 Å². The molecule has 0 fully saturated rings. The molecule has 0 spiro atoms. The number of cyclic esters (lactones) is 1. The minimum atomic E-state index is -0.430. The Hall–Kier alpha value is -3.21. The molecule has 1 aliphatic rings. The van der Waals surface area contributed by atoms with Crippen molar-refractivity contribution in [3.8, 4) is 28.4 Å². The Bertz CT molecular complexity index is 1010. The van der Waals surface area contributed by atoms with Crippen molar-refractivity contribution in [2.45, 2.75) is 6.61 Å². The Balaban J connectivity index is 2.10. The van der Waals surface area contributed by atoms with Gasteiger partial charge in [-0.1, -0.05) is 30.3 Å². The lowest BCUT2D eigenvalue weighted by Crippen LogP contribution is -2.00. The molecule has 4 rings (SSSR count). The van der Waals surface area contributed by atoms with Gasteiger partial charge < -0.3 is 19.3 Å². The molecule has 0 atom stereocenters. The van der Waals surface area contributed by atoms with Gasteiger partial charge in [0.1, 0.15) is 12.4 Å². The average molecular weight is 336 g/mol. The van der Waals surface area contributed by atoms with E-state index in [1.807, 2.05) is 36.4 Å². The van der Waals surface area contributed by atoms with Gasteiger partial charge in [-0.2, -0.15) is 0 Å². The summed E-state index contributed by atoms with van der Waals surface area (Å²) in [6, 6.07) is 12.9. The van der Waals surface area contributed by atoms with Crippen LogP contribution in [0.1, 0.15) is 15.9 Å². The first kappa shape index (κ1) is 15.3. The summed E-state index contributed by atoms with van der Waals surface area (Å²) < 4.78 is 15.9. The van der Waals surface area contributed by atoms with Crippen molar-refractivity contribution in [1.29, 1.82) is 0 Å². The summed E-state index contributed by atoms with van der Waals surface area (Å²) in [6.45, 7) is 0.0745. The van der Waals surface area contributed by atoms with E-state index >= 15 is 0 Å². The van der Waals surface area contributed by atoms with Crippen LogP contribution in [0.3, 0.4) is 0 Å². The van der Waals surface area contributed by atoms with Crippen LogP contribution >= 0.6 is 0 Å². The Morgan fingerprint density at radius 3 is 2.40 bits per heavy atom. The van der Waals surface area contributed by atoms with Crippen molar-refractivity contribution in [2.24, 2.45) is 0 Å². The van der Waals surface area contributed by atoms with Crippen LogP contribution in [0.5, 0.6) is 17.2 Å². The van der Waals surface area contributed by atoms with Gasteiger partial charge in [0.05, 0.1) is 19.8 Å². The molecule has 0 radical (unpaired) electrons. The number of hydrogen-bond acceptors (Lipinski definition) is 5. The summed E-state index contributed by atoms with van der Waals surface area (Å²) in [5.41, 5.74) is 2.45. The second kappa shape index (κ2) is 5.70. The van der Waals surface area contributed by atoms with E-state index in [4.69, 9.17) is 14.2 Å². The van der Waals surface area contributed by atoms with Crippen molar-refractivity contribution in [1.82, 2.24) is 0 Å². The molecule has 5 heteroatoms. The number of benzene rings is 3. The van der Waals surface area contributed by atoms with Crippen molar-refractivity contribution in [2.75, 3.05) is 14.2 Å². The minimum absolute atomic E-state index is 0.0745. The van der Waals surface area contributed by atoms with E-state index in [2.05, 4.69) is 0 Å². The molecular weight excluding hydrogens is 320 g/mol. The monoisotopic (exact) mass is 336 g/mol. The lowest BCUT2D eigenvalue weighted by atomic mass is 9.89. The number of fused-ring (bicyclic) bond motifs is 2. The number of hydrogen-bond donors (Lipinski definition) is 1. The summed E-state index contributed by atoms with van der Waals surface area (Å²) >= 11 is 0. The Labute approximate surface area is 144 Å². The highest BCUT2D eigenvalue weighted by atomic mass is 16.5. The maximum atomic E-state index is 12.3. The maximum Gasteiger partial charge on any atom is 0.339 e. The molecular formula is C20H16O5. The van der Waals surface area contributed by atoms with Crippen LogP contribution < -0.4 is 9.47 Å². The normalized spacial score (nSPS) is 12.8. The standard InChI is InChI=1S/C20H16O5/c1-23-15-8-7-11(9-16(15)24-2)17-12-5-3-4-6-13(12)19(21)14-10-25-20(22)18(14)17/h3-9,21H,10H2,1-2H3. The van der Waals surface area contributed by atoms with Gasteiger partial charge in [0.25, 0.3) is 0 Å². The zero-order valence-electron chi connectivity index (χ0n) is 13.8. The average Bonchev–Trinajstić information content (AvgIpc) is 3.04. The third-order valence-electron chi connectivity index (χ3n) is 4.51.